The molecule has 0 aliphatic heterocycles. The van der Waals surface area contributed by atoms with E-state index in [1.165, 1.54) is 5.57 Å². The monoisotopic (exact) mass is 271 g/mol. The van der Waals surface area contributed by atoms with Gasteiger partial charge in [0.15, 0.2) is 5.78 Å². The third-order valence-corrected chi connectivity index (χ3v) is 4.55. The molecule has 0 aromatic rings. The largest absolute Gasteiger partial charge is 0.294 e. The van der Waals surface area contributed by atoms with Crippen LogP contribution in [0, 0.1) is 17.8 Å². The van der Waals surface area contributed by atoms with E-state index in [0.717, 1.165) is 19.3 Å². The van der Waals surface area contributed by atoms with Crippen molar-refractivity contribution in [1.82, 2.24) is 0 Å². The molecule has 0 heterocycles. The highest BCUT2D eigenvalue weighted by atomic mass is 16.1. The molecule has 20 heavy (non-hydrogen) atoms. The molecular weight excluding hydrogens is 246 g/mol. The zero-order chi connectivity index (χ0) is 14.5. The third kappa shape index (κ3) is 3.17. The van der Waals surface area contributed by atoms with Crippen molar-refractivity contribution in [1.29, 1.82) is 0 Å². The van der Waals surface area contributed by atoms with E-state index in [9.17, 15) is 4.79 Å². The van der Waals surface area contributed by atoms with Crippen molar-refractivity contribution in [3.63, 3.8) is 0 Å². The molecule has 2 aliphatic rings. The molecule has 0 aromatic carbocycles. The standard InChI is InChI=1S/C18H25NO/c1-4-14-10-11-18(20)16(15(14)5-2)12-19-17-9-7-6-8-13(17)3/h4,6-7,10-13,15-17H,5,8-9H2,1-3H3/b14-4-,19-12?/t13-,15-,16?,17+/m1/s1. The van der Waals surface area contributed by atoms with Gasteiger partial charge in [0, 0.05) is 6.21 Å². The van der Waals surface area contributed by atoms with Crippen LogP contribution in [0.3, 0.4) is 0 Å². The van der Waals surface area contributed by atoms with Crippen molar-refractivity contribution in [2.75, 3.05) is 0 Å². The Hall–Kier alpha value is -1.44. The topological polar surface area (TPSA) is 29.4 Å². The van der Waals surface area contributed by atoms with Crippen molar-refractivity contribution in [2.45, 2.75) is 46.1 Å². The highest BCUT2D eigenvalue weighted by molar-refractivity contribution is 6.04. The lowest BCUT2D eigenvalue weighted by Crippen LogP contribution is -2.29. The fourth-order valence-electron chi connectivity index (χ4n) is 3.14. The molecule has 0 spiro atoms. The first-order valence-electron chi connectivity index (χ1n) is 7.73. The van der Waals surface area contributed by atoms with E-state index in [0.29, 0.717) is 12.0 Å². The minimum absolute atomic E-state index is 0.0747. The predicted octanol–water partition coefficient (Wildman–Crippen LogP) is 4.14. The minimum Gasteiger partial charge on any atom is -0.294 e. The molecule has 2 rings (SSSR count). The van der Waals surface area contributed by atoms with E-state index in [2.05, 4.69) is 32.1 Å². The number of rotatable bonds is 3. The Morgan fingerprint density at radius 1 is 1.30 bits per heavy atom. The molecule has 0 aromatic heterocycles. The van der Waals surface area contributed by atoms with Crippen molar-refractivity contribution in [3.05, 3.63) is 36.0 Å². The second kappa shape index (κ2) is 6.83. The van der Waals surface area contributed by atoms with Crippen molar-refractivity contribution in [3.8, 4) is 0 Å². The summed E-state index contributed by atoms with van der Waals surface area (Å²) in [4.78, 5) is 16.9. The Balaban J connectivity index is 2.15. The van der Waals surface area contributed by atoms with Crippen LogP contribution < -0.4 is 0 Å². The van der Waals surface area contributed by atoms with Gasteiger partial charge in [-0.3, -0.25) is 9.79 Å². The quantitative estimate of drug-likeness (QED) is 0.560. The number of carbonyl (C=O) groups excluding carboxylic acids is 1. The molecule has 0 radical (unpaired) electrons. The molecule has 2 aliphatic carbocycles. The van der Waals surface area contributed by atoms with Gasteiger partial charge in [0.2, 0.25) is 0 Å². The second-order valence-electron chi connectivity index (χ2n) is 5.85. The van der Waals surface area contributed by atoms with E-state index in [1.807, 2.05) is 19.2 Å². The Labute approximate surface area is 122 Å². The van der Waals surface area contributed by atoms with Crippen LogP contribution in [-0.2, 0) is 4.79 Å². The van der Waals surface area contributed by atoms with Crippen LogP contribution in [0.2, 0.25) is 0 Å². The van der Waals surface area contributed by atoms with Gasteiger partial charge in [-0.1, -0.05) is 38.2 Å². The van der Waals surface area contributed by atoms with Gasteiger partial charge >= 0.3 is 0 Å². The Bertz CT molecular complexity index is 470. The molecule has 0 saturated heterocycles. The fraction of sp³-hybridized carbons (Fsp3) is 0.556. The predicted molar refractivity (Wildman–Crippen MR) is 85.0 cm³/mol. The van der Waals surface area contributed by atoms with Crippen LogP contribution in [0.5, 0.6) is 0 Å². The molecule has 0 saturated carbocycles. The van der Waals surface area contributed by atoms with E-state index < -0.39 is 0 Å². The van der Waals surface area contributed by atoms with Gasteiger partial charge in [0.25, 0.3) is 0 Å². The zero-order valence-electron chi connectivity index (χ0n) is 12.8. The number of nitrogens with zero attached hydrogens (tertiary/aromatic N) is 1. The molecule has 2 nitrogen and oxygen atoms in total. The van der Waals surface area contributed by atoms with Gasteiger partial charge in [0.05, 0.1) is 12.0 Å². The molecule has 108 valence electrons. The van der Waals surface area contributed by atoms with Crippen LogP contribution in [0.15, 0.2) is 40.9 Å². The number of carbonyl (C=O) groups is 1. The molecule has 0 fully saturated rings. The first kappa shape index (κ1) is 15.0. The Kier molecular flexibility index (Phi) is 5.11. The molecule has 4 atom stereocenters. The first-order valence-corrected chi connectivity index (χ1v) is 7.73. The lowest BCUT2D eigenvalue weighted by Gasteiger charge is -2.27. The fourth-order valence-corrected chi connectivity index (χ4v) is 3.14. The molecule has 2 heteroatoms. The van der Waals surface area contributed by atoms with Gasteiger partial charge in [-0.05, 0) is 49.7 Å². The minimum atomic E-state index is -0.0747. The third-order valence-electron chi connectivity index (χ3n) is 4.55. The average Bonchev–Trinajstić information content (AvgIpc) is 2.47. The molecule has 0 amide bonds. The van der Waals surface area contributed by atoms with Gasteiger partial charge in [-0.2, -0.15) is 0 Å². The SMILES string of the molecule is C/C=C1/C=CC(=O)C(C=N[C@H]2CC=CC[C@H]2C)[C@@H]1CC. The molecule has 1 unspecified atom stereocenters. The summed E-state index contributed by atoms with van der Waals surface area (Å²) < 4.78 is 0. The lowest BCUT2D eigenvalue weighted by atomic mass is 9.77. The molecule has 0 bridgehead atoms. The normalized spacial score (nSPS) is 36.1. The second-order valence-corrected chi connectivity index (χ2v) is 5.85. The van der Waals surface area contributed by atoms with Crippen LogP contribution >= 0.6 is 0 Å². The average molecular weight is 271 g/mol. The summed E-state index contributed by atoms with van der Waals surface area (Å²) in [5.41, 5.74) is 1.26. The number of aliphatic imine (C=N–C) groups is 1. The summed E-state index contributed by atoms with van der Waals surface area (Å²) in [7, 11) is 0. The van der Waals surface area contributed by atoms with Crippen molar-refractivity contribution in [2.24, 2.45) is 22.7 Å². The maximum Gasteiger partial charge on any atom is 0.164 e. The number of ketones is 1. The van der Waals surface area contributed by atoms with Crippen LogP contribution in [0.4, 0.5) is 0 Å². The first-order chi connectivity index (χ1) is 9.67. The van der Waals surface area contributed by atoms with Gasteiger partial charge in [-0.25, -0.2) is 0 Å². The maximum atomic E-state index is 12.2. The summed E-state index contributed by atoms with van der Waals surface area (Å²) in [6.45, 7) is 6.43. The van der Waals surface area contributed by atoms with Crippen LogP contribution in [0.25, 0.3) is 0 Å². The lowest BCUT2D eigenvalue weighted by molar-refractivity contribution is -0.117. The number of allylic oxidation sites excluding steroid dienone is 5. The zero-order valence-corrected chi connectivity index (χ0v) is 12.8. The number of hydrogen-bond donors (Lipinski definition) is 0. The summed E-state index contributed by atoms with van der Waals surface area (Å²) in [5.74, 6) is 0.988. The van der Waals surface area contributed by atoms with Gasteiger partial charge in [0.1, 0.15) is 0 Å². The van der Waals surface area contributed by atoms with E-state index >= 15 is 0 Å². The summed E-state index contributed by atoms with van der Waals surface area (Å²) in [5, 5.41) is 0. The van der Waals surface area contributed by atoms with Crippen molar-refractivity contribution >= 4 is 12.0 Å². The van der Waals surface area contributed by atoms with Gasteiger partial charge in [-0.15, -0.1) is 0 Å². The molecule has 0 N–H and O–H groups in total. The Morgan fingerprint density at radius 3 is 2.70 bits per heavy atom. The van der Waals surface area contributed by atoms with Gasteiger partial charge < -0.3 is 0 Å². The summed E-state index contributed by atoms with van der Waals surface area (Å²) in [6, 6.07) is 0.338. The maximum absolute atomic E-state index is 12.2. The van der Waals surface area contributed by atoms with Crippen LogP contribution in [0.1, 0.15) is 40.0 Å². The summed E-state index contributed by atoms with van der Waals surface area (Å²) in [6.07, 6.45) is 15.2. The van der Waals surface area contributed by atoms with E-state index in [4.69, 9.17) is 4.99 Å². The highest BCUT2D eigenvalue weighted by Crippen LogP contribution is 2.30. The van der Waals surface area contributed by atoms with E-state index in [-0.39, 0.29) is 17.6 Å². The van der Waals surface area contributed by atoms with Crippen molar-refractivity contribution < 1.29 is 4.79 Å². The number of hydrogen-bond acceptors (Lipinski definition) is 2. The van der Waals surface area contributed by atoms with E-state index in [1.54, 1.807) is 6.08 Å². The smallest absolute Gasteiger partial charge is 0.164 e. The van der Waals surface area contributed by atoms with Crippen LogP contribution in [-0.4, -0.2) is 18.0 Å². The summed E-state index contributed by atoms with van der Waals surface area (Å²) >= 11 is 0. The molecular formula is C18H25NO. The Morgan fingerprint density at radius 2 is 2.05 bits per heavy atom. The highest BCUT2D eigenvalue weighted by Gasteiger charge is 2.29.